The average Bonchev–Trinajstić information content (AvgIpc) is 2.98. The van der Waals surface area contributed by atoms with Crippen molar-refractivity contribution in [2.45, 2.75) is 13.8 Å². The van der Waals surface area contributed by atoms with Gasteiger partial charge in [-0.2, -0.15) is 0 Å². The highest BCUT2D eigenvalue weighted by molar-refractivity contribution is 6.08. The molecular formula is C32H32N2O6. The van der Waals surface area contributed by atoms with Crippen LogP contribution in [0.1, 0.15) is 34.6 Å². The van der Waals surface area contributed by atoms with Crippen LogP contribution in [0.5, 0.6) is 23.0 Å². The maximum absolute atomic E-state index is 13.0. The van der Waals surface area contributed by atoms with Crippen molar-refractivity contribution in [1.82, 2.24) is 0 Å². The van der Waals surface area contributed by atoms with Gasteiger partial charge in [0.2, 0.25) is 0 Å². The molecule has 0 unspecified atom stereocenters. The van der Waals surface area contributed by atoms with Crippen molar-refractivity contribution in [2.75, 3.05) is 38.1 Å². The van der Waals surface area contributed by atoms with E-state index in [2.05, 4.69) is 10.6 Å². The molecule has 2 N–H and O–H groups in total. The van der Waals surface area contributed by atoms with Crippen LogP contribution >= 0.6 is 0 Å². The second-order valence-electron chi connectivity index (χ2n) is 8.60. The molecule has 0 aliphatic rings. The first-order valence-electron chi connectivity index (χ1n) is 12.9. The van der Waals surface area contributed by atoms with Crippen molar-refractivity contribution in [2.24, 2.45) is 0 Å². The van der Waals surface area contributed by atoms with Gasteiger partial charge in [-0.3, -0.25) is 9.59 Å². The van der Waals surface area contributed by atoms with Crippen molar-refractivity contribution >= 4 is 23.2 Å². The highest BCUT2D eigenvalue weighted by Gasteiger charge is 2.17. The number of methoxy groups -OCH3 is 2. The average molecular weight is 541 g/mol. The number of rotatable bonds is 11. The summed E-state index contributed by atoms with van der Waals surface area (Å²) in [5, 5.41) is 5.82. The lowest BCUT2D eigenvalue weighted by Gasteiger charge is -2.16. The van der Waals surface area contributed by atoms with Crippen LogP contribution < -0.4 is 29.6 Å². The lowest BCUT2D eigenvalue weighted by Crippen LogP contribution is -2.14. The predicted octanol–water partition coefficient (Wildman–Crippen LogP) is 6.67. The number of ether oxygens (including phenoxy) is 4. The largest absolute Gasteiger partial charge is 0.495 e. The third-order valence-electron chi connectivity index (χ3n) is 6.10. The Morgan fingerprint density at radius 1 is 0.575 bits per heavy atom. The molecule has 8 heteroatoms. The Bertz CT molecular complexity index is 1390. The van der Waals surface area contributed by atoms with Crippen molar-refractivity contribution < 1.29 is 28.5 Å². The number of anilines is 2. The van der Waals surface area contributed by atoms with Crippen LogP contribution in [-0.4, -0.2) is 39.2 Å². The van der Waals surface area contributed by atoms with E-state index < -0.39 is 0 Å². The van der Waals surface area contributed by atoms with Crippen molar-refractivity contribution in [1.29, 1.82) is 0 Å². The number of benzene rings is 4. The fourth-order valence-corrected chi connectivity index (χ4v) is 4.20. The fourth-order valence-electron chi connectivity index (χ4n) is 4.20. The monoisotopic (exact) mass is 540 g/mol. The highest BCUT2D eigenvalue weighted by Crippen LogP contribution is 2.36. The molecule has 2 amide bonds. The minimum absolute atomic E-state index is 0.303. The first-order valence-corrected chi connectivity index (χ1v) is 12.9. The second-order valence-corrected chi connectivity index (χ2v) is 8.60. The molecule has 0 heterocycles. The molecule has 40 heavy (non-hydrogen) atoms. The molecule has 0 radical (unpaired) electrons. The molecule has 0 atom stereocenters. The number of amides is 2. The van der Waals surface area contributed by atoms with Crippen LogP contribution in [0.4, 0.5) is 11.4 Å². The van der Waals surface area contributed by atoms with Crippen LogP contribution in [0.2, 0.25) is 0 Å². The molecule has 4 rings (SSSR count). The Morgan fingerprint density at radius 2 is 0.975 bits per heavy atom. The van der Waals surface area contributed by atoms with E-state index in [1.54, 1.807) is 62.8 Å². The summed E-state index contributed by atoms with van der Waals surface area (Å²) in [5.74, 6) is 1.40. The van der Waals surface area contributed by atoms with E-state index in [0.29, 0.717) is 58.7 Å². The van der Waals surface area contributed by atoms with Gasteiger partial charge in [-0.15, -0.1) is 0 Å². The summed E-state index contributed by atoms with van der Waals surface area (Å²) < 4.78 is 22.4. The van der Waals surface area contributed by atoms with Gasteiger partial charge in [-0.1, -0.05) is 36.4 Å². The number of hydrogen-bond acceptors (Lipinski definition) is 6. The molecule has 8 nitrogen and oxygen atoms in total. The standard InChI is InChI=1S/C32H32N2O6/c1-5-39-27-13-9-7-11-23(27)31(35)33-25-17-15-21(19-29(25)37-3)22-16-18-26(30(20-22)38-4)34-32(36)24-12-8-10-14-28(24)40-6-2/h7-20H,5-6H2,1-4H3,(H,33,35)(H,34,36). The van der Waals surface area contributed by atoms with Crippen LogP contribution in [0.15, 0.2) is 84.9 Å². The van der Waals surface area contributed by atoms with Gasteiger partial charge in [0, 0.05) is 0 Å². The van der Waals surface area contributed by atoms with Crippen LogP contribution in [-0.2, 0) is 0 Å². The SMILES string of the molecule is CCOc1ccccc1C(=O)Nc1ccc(-c2ccc(NC(=O)c3ccccc3OCC)c(OC)c2)cc1OC. The van der Waals surface area contributed by atoms with Gasteiger partial charge >= 0.3 is 0 Å². The Balaban J connectivity index is 1.56. The van der Waals surface area contributed by atoms with Crippen LogP contribution in [0.25, 0.3) is 11.1 Å². The molecule has 4 aromatic rings. The summed E-state index contributed by atoms with van der Waals surface area (Å²) in [6, 6.07) is 25.1. The topological polar surface area (TPSA) is 95.1 Å². The van der Waals surface area contributed by atoms with Gasteiger partial charge < -0.3 is 29.6 Å². The molecule has 0 saturated carbocycles. The normalized spacial score (nSPS) is 10.4. The molecule has 0 bridgehead atoms. The van der Waals surface area contributed by atoms with Gasteiger partial charge in [-0.25, -0.2) is 0 Å². The molecule has 4 aromatic carbocycles. The number of hydrogen-bond donors (Lipinski definition) is 2. The Kier molecular flexibility index (Phi) is 9.25. The Hall–Kier alpha value is -4.98. The zero-order chi connectivity index (χ0) is 28.5. The van der Waals surface area contributed by atoms with Gasteiger partial charge in [0.25, 0.3) is 11.8 Å². The van der Waals surface area contributed by atoms with E-state index in [1.165, 1.54) is 0 Å². The lowest BCUT2D eigenvalue weighted by atomic mass is 10.0. The molecule has 206 valence electrons. The molecule has 0 aliphatic heterocycles. The van der Waals surface area contributed by atoms with E-state index in [9.17, 15) is 9.59 Å². The maximum atomic E-state index is 13.0. The van der Waals surface area contributed by atoms with Gasteiger partial charge in [-0.05, 0) is 73.5 Å². The summed E-state index contributed by atoms with van der Waals surface area (Å²) in [7, 11) is 3.09. The van der Waals surface area contributed by atoms with Crippen molar-refractivity contribution in [3.63, 3.8) is 0 Å². The number of carbonyl (C=O) groups excluding carboxylic acids is 2. The predicted molar refractivity (Wildman–Crippen MR) is 156 cm³/mol. The molecule has 0 aromatic heterocycles. The van der Waals surface area contributed by atoms with E-state index >= 15 is 0 Å². The third-order valence-corrected chi connectivity index (χ3v) is 6.10. The Morgan fingerprint density at radius 3 is 1.35 bits per heavy atom. The van der Waals surface area contributed by atoms with E-state index in [4.69, 9.17) is 18.9 Å². The lowest BCUT2D eigenvalue weighted by molar-refractivity contribution is 0.101. The first-order chi connectivity index (χ1) is 19.5. The Labute approximate surface area is 233 Å². The molecule has 0 saturated heterocycles. The highest BCUT2D eigenvalue weighted by atomic mass is 16.5. The van der Waals surface area contributed by atoms with Crippen LogP contribution in [0.3, 0.4) is 0 Å². The zero-order valence-electron chi connectivity index (χ0n) is 22.9. The minimum atomic E-state index is -0.303. The fraction of sp³-hybridized carbons (Fsp3) is 0.188. The summed E-state index contributed by atoms with van der Waals surface area (Å²) >= 11 is 0. The van der Waals surface area contributed by atoms with Gasteiger partial charge in [0.1, 0.15) is 23.0 Å². The molecular weight excluding hydrogens is 508 g/mol. The third kappa shape index (κ3) is 6.35. The van der Waals surface area contributed by atoms with E-state index in [-0.39, 0.29) is 11.8 Å². The summed E-state index contributed by atoms with van der Waals surface area (Å²) in [5.41, 5.74) is 3.58. The number of para-hydroxylation sites is 2. The van der Waals surface area contributed by atoms with Gasteiger partial charge in [0.05, 0.1) is 49.9 Å². The smallest absolute Gasteiger partial charge is 0.259 e. The van der Waals surface area contributed by atoms with Crippen LogP contribution in [0, 0.1) is 0 Å². The maximum Gasteiger partial charge on any atom is 0.259 e. The summed E-state index contributed by atoms with van der Waals surface area (Å²) in [6.45, 7) is 4.64. The van der Waals surface area contributed by atoms with E-state index in [1.807, 2.05) is 50.2 Å². The molecule has 0 spiro atoms. The number of carbonyl (C=O) groups is 2. The molecule has 0 aliphatic carbocycles. The number of nitrogens with one attached hydrogen (secondary N) is 2. The zero-order valence-corrected chi connectivity index (χ0v) is 22.9. The van der Waals surface area contributed by atoms with Crippen molar-refractivity contribution in [3.8, 4) is 34.1 Å². The van der Waals surface area contributed by atoms with Crippen molar-refractivity contribution in [3.05, 3.63) is 96.1 Å². The van der Waals surface area contributed by atoms with E-state index in [0.717, 1.165) is 11.1 Å². The molecule has 0 fully saturated rings. The summed E-state index contributed by atoms with van der Waals surface area (Å²) in [4.78, 5) is 26.0. The van der Waals surface area contributed by atoms with Gasteiger partial charge in [0.15, 0.2) is 0 Å². The first kappa shape index (κ1) is 28.0. The second kappa shape index (κ2) is 13.2. The minimum Gasteiger partial charge on any atom is -0.495 e. The summed E-state index contributed by atoms with van der Waals surface area (Å²) in [6.07, 6.45) is 0. The quantitative estimate of drug-likeness (QED) is 0.221.